The maximum atomic E-state index is 10.7. The van der Waals surface area contributed by atoms with Gasteiger partial charge in [-0.15, -0.1) is 0 Å². The molecule has 0 radical (unpaired) electrons. The standard InChI is InChI=1S/C10H10N2O3/c1-12-9(15-2)7-4-3-6(10(13)14)5-8(7)11-12/h3-5H,1-2H3,(H,13,14). The Morgan fingerprint density at radius 3 is 2.87 bits per heavy atom. The van der Waals surface area contributed by atoms with E-state index in [-0.39, 0.29) is 5.56 Å². The predicted molar refractivity (Wildman–Crippen MR) is 54.2 cm³/mol. The van der Waals surface area contributed by atoms with Gasteiger partial charge in [-0.2, -0.15) is 5.10 Å². The molecule has 0 fully saturated rings. The van der Waals surface area contributed by atoms with E-state index in [1.54, 1.807) is 24.9 Å². The largest absolute Gasteiger partial charge is 0.481 e. The number of aromatic nitrogens is 2. The number of ether oxygens (including phenoxy) is 1. The Bertz CT molecular complexity index is 531. The van der Waals surface area contributed by atoms with Crippen molar-refractivity contribution in [2.45, 2.75) is 0 Å². The summed E-state index contributed by atoms with van der Waals surface area (Å²) < 4.78 is 6.73. The molecular formula is C10H10N2O3. The molecule has 0 aliphatic rings. The highest BCUT2D eigenvalue weighted by molar-refractivity contribution is 5.94. The zero-order valence-electron chi connectivity index (χ0n) is 8.39. The van der Waals surface area contributed by atoms with Crippen molar-refractivity contribution < 1.29 is 14.6 Å². The summed E-state index contributed by atoms with van der Waals surface area (Å²) in [7, 11) is 3.31. The van der Waals surface area contributed by atoms with Gasteiger partial charge in [0, 0.05) is 7.05 Å². The molecule has 0 aliphatic carbocycles. The first-order valence-electron chi connectivity index (χ1n) is 4.37. The first-order valence-corrected chi connectivity index (χ1v) is 4.37. The number of methoxy groups -OCH3 is 1. The average molecular weight is 206 g/mol. The molecule has 5 heteroatoms. The molecule has 2 rings (SSSR count). The Kier molecular flexibility index (Phi) is 2.07. The number of carboxylic acid groups (broad SMARTS) is 1. The van der Waals surface area contributed by atoms with Crippen LogP contribution >= 0.6 is 0 Å². The lowest BCUT2D eigenvalue weighted by Gasteiger charge is -1.98. The van der Waals surface area contributed by atoms with Crippen LogP contribution in [0, 0.1) is 0 Å². The third-order valence-corrected chi connectivity index (χ3v) is 2.22. The van der Waals surface area contributed by atoms with Gasteiger partial charge in [0.25, 0.3) is 0 Å². The Morgan fingerprint density at radius 1 is 1.53 bits per heavy atom. The molecule has 0 atom stereocenters. The lowest BCUT2D eigenvalue weighted by molar-refractivity contribution is 0.0697. The van der Waals surface area contributed by atoms with Crippen LogP contribution in [0.3, 0.4) is 0 Å². The normalized spacial score (nSPS) is 10.5. The van der Waals surface area contributed by atoms with Crippen LogP contribution in [0.5, 0.6) is 5.88 Å². The van der Waals surface area contributed by atoms with E-state index in [1.807, 2.05) is 0 Å². The summed E-state index contributed by atoms with van der Waals surface area (Å²) in [5.74, 6) is -0.330. The lowest BCUT2D eigenvalue weighted by Crippen LogP contribution is -1.94. The van der Waals surface area contributed by atoms with Gasteiger partial charge in [-0.05, 0) is 18.2 Å². The zero-order chi connectivity index (χ0) is 11.0. The molecular weight excluding hydrogens is 196 g/mol. The number of rotatable bonds is 2. The zero-order valence-corrected chi connectivity index (χ0v) is 8.39. The minimum absolute atomic E-state index is 0.225. The molecule has 0 bridgehead atoms. The number of hydrogen-bond donors (Lipinski definition) is 1. The van der Waals surface area contributed by atoms with Crippen LogP contribution < -0.4 is 4.74 Å². The van der Waals surface area contributed by atoms with E-state index in [4.69, 9.17) is 9.84 Å². The van der Waals surface area contributed by atoms with Crippen molar-refractivity contribution in [3.63, 3.8) is 0 Å². The number of benzene rings is 1. The second-order valence-corrected chi connectivity index (χ2v) is 3.17. The van der Waals surface area contributed by atoms with Crippen molar-refractivity contribution in [2.75, 3.05) is 7.11 Å². The number of aryl methyl sites for hydroxylation is 1. The number of carboxylic acids is 1. The number of carbonyl (C=O) groups is 1. The summed E-state index contributed by atoms with van der Waals surface area (Å²) in [4.78, 5) is 10.7. The number of hydrogen-bond acceptors (Lipinski definition) is 3. The molecule has 1 aromatic heterocycles. The fourth-order valence-corrected chi connectivity index (χ4v) is 1.55. The molecule has 0 saturated carbocycles. The summed E-state index contributed by atoms with van der Waals surface area (Å²) in [6.07, 6.45) is 0. The van der Waals surface area contributed by atoms with Gasteiger partial charge in [-0.25, -0.2) is 9.48 Å². The number of nitrogens with zero attached hydrogens (tertiary/aromatic N) is 2. The molecule has 15 heavy (non-hydrogen) atoms. The summed E-state index contributed by atoms with van der Waals surface area (Å²) in [6, 6.07) is 4.76. The molecule has 1 heterocycles. The number of fused-ring (bicyclic) bond motifs is 1. The van der Waals surface area contributed by atoms with Crippen LogP contribution in [0.15, 0.2) is 18.2 Å². The topological polar surface area (TPSA) is 64.3 Å². The van der Waals surface area contributed by atoms with E-state index >= 15 is 0 Å². The first-order chi connectivity index (χ1) is 7.13. The van der Waals surface area contributed by atoms with Gasteiger partial charge in [0.05, 0.1) is 23.6 Å². The van der Waals surface area contributed by atoms with Gasteiger partial charge in [0.1, 0.15) is 0 Å². The van der Waals surface area contributed by atoms with Gasteiger partial charge in [-0.1, -0.05) is 0 Å². The maximum Gasteiger partial charge on any atom is 0.335 e. The molecule has 2 aromatic rings. The van der Waals surface area contributed by atoms with E-state index in [9.17, 15) is 4.79 Å². The molecule has 0 unspecified atom stereocenters. The summed E-state index contributed by atoms with van der Waals surface area (Å²) in [6.45, 7) is 0. The summed E-state index contributed by atoms with van der Waals surface area (Å²) in [5.41, 5.74) is 0.845. The minimum Gasteiger partial charge on any atom is -0.481 e. The van der Waals surface area contributed by atoms with Gasteiger partial charge < -0.3 is 9.84 Å². The van der Waals surface area contributed by atoms with Gasteiger partial charge >= 0.3 is 5.97 Å². The van der Waals surface area contributed by atoms with E-state index in [1.165, 1.54) is 12.1 Å². The monoisotopic (exact) mass is 206 g/mol. The summed E-state index contributed by atoms with van der Waals surface area (Å²) >= 11 is 0. The van der Waals surface area contributed by atoms with Crippen LogP contribution in [0.4, 0.5) is 0 Å². The highest BCUT2D eigenvalue weighted by atomic mass is 16.5. The van der Waals surface area contributed by atoms with Crippen LogP contribution in [0.2, 0.25) is 0 Å². The average Bonchev–Trinajstić information content (AvgIpc) is 2.51. The highest BCUT2D eigenvalue weighted by Gasteiger charge is 2.11. The minimum atomic E-state index is -0.957. The number of aromatic carboxylic acids is 1. The molecule has 1 aromatic carbocycles. The molecule has 0 spiro atoms. The van der Waals surface area contributed by atoms with Gasteiger partial charge in [0.15, 0.2) is 0 Å². The van der Waals surface area contributed by atoms with E-state index in [0.717, 1.165) is 5.39 Å². The molecule has 5 nitrogen and oxygen atoms in total. The predicted octanol–water partition coefficient (Wildman–Crippen LogP) is 1.28. The van der Waals surface area contributed by atoms with E-state index < -0.39 is 5.97 Å². The smallest absolute Gasteiger partial charge is 0.335 e. The van der Waals surface area contributed by atoms with Crippen LogP contribution in [-0.4, -0.2) is 28.0 Å². The van der Waals surface area contributed by atoms with Crippen molar-refractivity contribution in [3.05, 3.63) is 23.8 Å². The summed E-state index contributed by atoms with van der Waals surface area (Å²) in [5, 5.41) is 13.8. The van der Waals surface area contributed by atoms with Crippen LogP contribution in [-0.2, 0) is 7.05 Å². The fraction of sp³-hybridized carbons (Fsp3) is 0.200. The first kappa shape index (κ1) is 9.51. The highest BCUT2D eigenvalue weighted by Crippen LogP contribution is 2.25. The molecule has 78 valence electrons. The molecule has 0 aliphatic heterocycles. The van der Waals surface area contributed by atoms with E-state index in [0.29, 0.717) is 11.4 Å². The Morgan fingerprint density at radius 2 is 2.27 bits per heavy atom. The van der Waals surface area contributed by atoms with Crippen LogP contribution in [0.1, 0.15) is 10.4 Å². The maximum absolute atomic E-state index is 10.7. The van der Waals surface area contributed by atoms with Crippen LogP contribution in [0.25, 0.3) is 10.9 Å². The Hall–Kier alpha value is -2.04. The molecule has 0 amide bonds. The van der Waals surface area contributed by atoms with Crippen molar-refractivity contribution in [2.24, 2.45) is 7.05 Å². The van der Waals surface area contributed by atoms with Gasteiger partial charge in [0.2, 0.25) is 5.88 Å². The SMILES string of the molecule is COc1c2ccc(C(=O)O)cc2nn1C. The van der Waals surface area contributed by atoms with Crippen molar-refractivity contribution in [1.82, 2.24) is 9.78 Å². The molecule has 1 N–H and O–H groups in total. The van der Waals surface area contributed by atoms with Gasteiger partial charge in [-0.3, -0.25) is 0 Å². The fourth-order valence-electron chi connectivity index (χ4n) is 1.55. The quantitative estimate of drug-likeness (QED) is 0.803. The van der Waals surface area contributed by atoms with Crippen molar-refractivity contribution >= 4 is 16.9 Å². The van der Waals surface area contributed by atoms with Crippen molar-refractivity contribution in [3.8, 4) is 5.88 Å². The molecule has 0 saturated heterocycles. The third kappa shape index (κ3) is 1.41. The third-order valence-electron chi connectivity index (χ3n) is 2.22. The van der Waals surface area contributed by atoms with E-state index in [2.05, 4.69) is 5.10 Å². The van der Waals surface area contributed by atoms with Crippen molar-refractivity contribution in [1.29, 1.82) is 0 Å². The second kappa shape index (κ2) is 3.27. The second-order valence-electron chi connectivity index (χ2n) is 3.17. The lowest BCUT2D eigenvalue weighted by atomic mass is 10.1. The Labute approximate surface area is 85.9 Å². The Balaban J connectivity index is 2.69.